The van der Waals surface area contributed by atoms with Gasteiger partial charge in [-0.3, -0.25) is 4.79 Å². The van der Waals surface area contributed by atoms with Crippen LogP contribution >= 0.6 is 15.9 Å². The predicted molar refractivity (Wildman–Crippen MR) is 73.6 cm³/mol. The monoisotopic (exact) mass is 294 g/mol. The van der Waals surface area contributed by atoms with Crippen molar-refractivity contribution in [2.75, 3.05) is 18.8 Å². The molecule has 0 heterocycles. The Kier molecular flexibility index (Phi) is 5.05. The number of hydrogen-bond donors (Lipinski definition) is 1. The van der Waals surface area contributed by atoms with E-state index in [0.29, 0.717) is 24.3 Å². The van der Waals surface area contributed by atoms with Crippen LogP contribution in [-0.2, 0) is 0 Å². The minimum absolute atomic E-state index is 0.116. The Morgan fingerprint density at radius 1 is 1.59 bits per heavy atom. The van der Waals surface area contributed by atoms with Gasteiger partial charge in [-0.2, -0.15) is 0 Å². The maximum absolute atomic E-state index is 12.2. The first-order valence-electron chi connectivity index (χ1n) is 5.38. The maximum Gasteiger partial charge on any atom is 0.256 e. The summed E-state index contributed by atoms with van der Waals surface area (Å²) in [6.45, 7) is 2.95. The standard InChI is InChI=1S/C13H15BrN2O/c1-3-7-16(8-4-2)13(17)11-6-5-10(14)9-12(11)15/h1,5-6,9H,4,7-8,15H2,2H3. The molecule has 17 heavy (non-hydrogen) atoms. The normalized spacial score (nSPS) is 9.71. The van der Waals surface area contributed by atoms with E-state index in [9.17, 15) is 4.79 Å². The molecule has 0 atom stereocenters. The fraction of sp³-hybridized carbons (Fsp3) is 0.308. The number of carbonyl (C=O) groups is 1. The summed E-state index contributed by atoms with van der Waals surface area (Å²) in [5.41, 5.74) is 6.78. The van der Waals surface area contributed by atoms with Crippen LogP contribution in [0.2, 0.25) is 0 Å². The summed E-state index contributed by atoms with van der Waals surface area (Å²) in [5, 5.41) is 0. The van der Waals surface area contributed by atoms with Crippen molar-refractivity contribution in [3.05, 3.63) is 28.2 Å². The largest absolute Gasteiger partial charge is 0.398 e. The highest BCUT2D eigenvalue weighted by molar-refractivity contribution is 9.10. The van der Waals surface area contributed by atoms with E-state index in [1.54, 1.807) is 23.1 Å². The number of halogens is 1. The van der Waals surface area contributed by atoms with Gasteiger partial charge in [0, 0.05) is 16.7 Å². The number of hydrogen-bond acceptors (Lipinski definition) is 2. The first-order chi connectivity index (χ1) is 8.10. The highest BCUT2D eigenvalue weighted by Crippen LogP contribution is 2.20. The Morgan fingerprint density at radius 2 is 2.29 bits per heavy atom. The number of terminal acetylenes is 1. The average Bonchev–Trinajstić information content (AvgIpc) is 2.28. The van der Waals surface area contributed by atoms with Crippen molar-refractivity contribution in [3.63, 3.8) is 0 Å². The van der Waals surface area contributed by atoms with Crippen molar-refractivity contribution in [2.45, 2.75) is 13.3 Å². The van der Waals surface area contributed by atoms with Gasteiger partial charge in [0.2, 0.25) is 0 Å². The third-order valence-electron chi connectivity index (χ3n) is 2.31. The second-order valence-corrected chi connectivity index (χ2v) is 4.58. The van der Waals surface area contributed by atoms with E-state index < -0.39 is 0 Å². The Bertz CT molecular complexity index is 451. The molecular formula is C13H15BrN2O. The SMILES string of the molecule is C#CCN(CCC)C(=O)c1ccc(Br)cc1N. The topological polar surface area (TPSA) is 46.3 Å². The molecule has 2 N–H and O–H groups in total. The van der Waals surface area contributed by atoms with Crippen molar-refractivity contribution in [2.24, 2.45) is 0 Å². The summed E-state index contributed by atoms with van der Waals surface area (Å²) in [5.74, 6) is 2.37. The number of amides is 1. The molecule has 3 nitrogen and oxygen atoms in total. The zero-order valence-electron chi connectivity index (χ0n) is 9.74. The summed E-state index contributed by atoms with van der Waals surface area (Å²) in [7, 11) is 0. The average molecular weight is 295 g/mol. The summed E-state index contributed by atoms with van der Waals surface area (Å²) in [6, 6.07) is 5.22. The number of carbonyl (C=O) groups excluding carboxylic acids is 1. The molecule has 0 aliphatic heterocycles. The Labute approximate surface area is 110 Å². The first-order valence-corrected chi connectivity index (χ1v) is 6.17. The lowest BCUT2D eigenvalue weighted by Crippen LogP contribution is -2.32. The molecule has 0 aliphatic carbocycles. The van der Waals surface area contributed by atoms with Crippen molar-refractivity contribution in [3.8, 4) is 12.3 Å². The van der Waals surface area contributed by atoms with Gasteiger partial charge < -0.3 is 10.6 Å². The number of nitrogens with zero attached hydrogens (tertiary/aromatic N) is 1. The first kappa shape index (κ1) is 13.6. The lowest BCUT2D eigenvalue weighted by Gasteiger charge is -2.20. The van der Waals surface area contributed by atoms with Gasteiger partial charge in [-0.1, -0.05) is 28.8 Å². The molecule has 4 heteroatoms. The maximum atomic E-state index is 12.2. The zero-order chi connectivity index (χ0) is 12.8. The summed E-state index contributed by atoms with van der Waals surface area (Å²) in [4.78, 5) is 13.8. The molecular weight excluding hydrogens is 280 g/mol. The van der Waals surface area contributed by atoms with E-state index in [4.69, 9.17) is 12.2 Å². The van der Waals surface area contributed by atoms with Crippen LogP contribution in [-0.4, -0.2) is 23.9 Å². The molecule has 0 aromatic heterocycles. The van der Waals surface area contributed by atoms with Crippen molar-refractivity contribution >= 4 is 27.5 Å². The van der Waals surface area contributed by atoms with Gasteiger partial charge in [0.05, 0.1) is 12.1 Å². The van der Waals surface area contributed by atoms with E-state index in [2.05, 4.69) is 21.9 Å². The Morgan fingerprint density at radius 3 is 2.82 bits per heavy atom. The Hall–Kier alpha value is -1.47. The summed E-state index contributed by atoms with van der Waals surface area (Å²) in [6.07, 6.45) is 6.12. The number of anilines is 1. The van der Waals surface area contributed by atoms with E-state index in [1.807, 2.05) is 6.92 Å². The van der Waals surface area contributed by atoms with Crippen molar-refractivity contribution in [1.82, 2.24) is 4.90 Å². The van der Waals surface area contributed by atoms with Crippen LogP contribution in [0.1, 0.15) is 23.7 Å². The van der Waals surface area contributed by atoms with Crippen LogP contribution in [0.3, 0.4) is 0 Å². The highest BCUT2D eigenvalue weighted by atomic mass is 79.9. The molecule has 0 bridgehead atoms. The van der Waals surface area contributed by atoms with Gasteiger partial charge in [0.25, 0.3) is 5.91 Å². The lowest BCUT2D eigenvalue weighted by atomic mass is 10.1. The molecule has 0 aliphatic rings. The highest BCUT2D eigenvalue weighted by Gasteiger charge is 2.16. The van der Waals surface area contributed by atoms with Gasteiger partial charge in [-0.15, -0.1) is 6.42 Å². The van der Waals surface area contributed by atoms with E-state index in [1.165, 1.54) is 0 Å². The minimum Gasteiger partial charge on any atom is -0.398 e. The molecule has 0 spiro atoms. The number of rotatable bonds is 4. The molecule has 0 fully saturated rings. The molecule has 90 valence electrons. The van der Waals surface area contributed by atoms with Gasteiger partial charge >= 0.3 is 0 Å². The zero-order valence-corrected chi connectivity index (χ0v) is 11.3. The molecule has 1 rings (SSSR count). The number of nitrogens with two attached hydrogens (primary N) is 1. The van der Waals surface area contributed by atoms with Crippen molar-refractivity contribution < 1.29 is 4.79 Å². The second-order valence-electron chi connectivity index (χ2n) is 3.66. The molecule has 1 aromatic carbocycles. The van der Waals surface area contributed by atoms with Gasteiger partial charge in [0.1, 0.15) is 0 Å². The van der Waals surface area contributed by atoms with Crippen molar-refractivity contribution in [1.29, 1.82) is 0 Å². The lowest BCUT2D eigenvalue weighted by molar-refractivity contribution is 0.0778. The van der Waals surface area contributed by atoms with E-state index >= 15 is 0 Å². The smallest absolute Gasteiger partial charge is 0.256 e. The molecule has 0 saturated carbocycles. The third kappa shape index (κ3) is 3.50. The quantitative estimate of drug-likeness (QED) is 0.685. The van der Waals surface area contributed by atoms with Crippen LogP contribution in [0.25, 0.3) is 0 Å². The van der Waals surface area contributed by atoms with Crippen LogP contribution in [0, 0.1) is 12.3 Å². The van der Waals surface area contributed by atoms with Gasteiger partial charge in [-0.25, -0.2) is 0 Å². The molecule has 1 amide bonds. The van der Waals surface area contributed by atoms with Crippen LogP contribution in [0.15, 0.2) is 22.7 Å². The molecule has 0 radical (unpaired) electrons. The van der Waals surface area contributed by atoms with Gasteiger partial charge in [0.15, 0.2) is 0 Å². The number of benzene rings is 1. The van der Waals surface area contributed by atoms with Crippen LogP contribution in [0.4, 0.5) is 5.69 Å². The number of nitrogen functional groups attached to an aromatic ring is 1. The van der Waals surface area contributed by atoms with E-state index in [-0.39, 0.29) is 5.91 Å². The fourth-order valence-corrected chi connectivity index (χ4v) is 1.91. The van der Waals surface area contributed by atoms with Gasteiger partial charge in [-0.05, 0) is 24.6 Å². The second kappa shape index (κ2) is 6.31. The van der Waals surface area contributed by atoms with Crippen LogP contribution in [0.5, 0.6) is 0 Å². The predicted octanol–water partition coefficient (Wildman–Crippen LogP) is 2.52. The Balaban J connectivity index is 2.97. The summed E-state index contributed by atoms with van der Waals surface area (Å²) >= 11 is 3.31. The summed E-state index contributed by atoms with van der Waals surface area (Å²) < 4.78 is 0.852. The molecule has 0 saturated heterocycles. The fourth-order valence-electron chi connectivity index (χ4n) is 1.53. The van der Waals surface area contributed by atoms with Crippen LogP contribution < -0.4 is 5.73 Å². The molecule has 1 aromatic rings. The third-order valence-corrected chi connectivity index (χ3v) is 2.80. The molecule has 0 unspecified atom stereocenters. The van der Waals surface area contributed by atoms with E-state index in [0.717, 1.165) is 10.9 Å². The minimum atomic E-state index is -0.116.